The highest BCUT2D eigenvalue weighted by molar-refractivity contribution is 5.75. The average molecular weight is 394 g/mol. The number of carbonyl (C=O) groups is 1. The van der Waals surface area contributed by atoms with Crippen molar-refractivity contribution < 1.29 is 18.7 Å². The van der Waals surface area contributed by atoms with Crippen LogP contribution in [-0.4, -0.2) is 17.5 Å². The summed E-state index contributed by atoms with van der Waals surface area (Å²) in [6.07, 6.45) is 4.43. The van der Waals surface area contributed by atoms with E-state index in [0.29, 0.717) is 44.1 Å². The third kappa shape index (κ3) is 7.25. The Morgan fingerprint density at radius 1 is 0.931 bits per heavy atom. The topological polar surface area (TPSA) is 60.5 Å². The molecular formula is C23H23FN2O3. The maximum Gasteiger partial charge on any atom is 0.220 e. The van der Waals surface area contributed by atoms with E-state index in [4.69, 9.17) is 9.47 Å². The number of pyridine rings is 1. The second-order valence-corrected chi connectivity index (χ2v) is 6.47. The van der Waals surface area contributed by atoms with Gasteiger partial charge < -0.3 is 14.8 Å². The van der Waals surface area contributed by atoms with Gasteiger partial charge in [0.25, 0.3) is 0 Å². The van der Waals surface area contributed by atoms with E-state index in [-0.39, 0.29) is 11.7 Å². The molecule has 3 rings (SSSR count). The summed E-state index contributed by atoms with van der Waals surface area (Å²) in [5, 5.41) is 2.87. The first-order valence-electron chi connectivity index (χ1n) is 9.45. The second kappa shape index (κ2) is 10.8. The number of benzene rings is 2. The van der Waals surface area contributed by atoms with E-state index in [1.807, 2.05) is 30.3 Å². The Bertz CT molecular complexity index is 902. The zero-order valence-corrected chi connectivity index (χ0v) is 16.0. The maximum absolute atomic E-state index is 13.2. The number of rotatable bonds is 10. The molecule has 1 aromatic heterocycles. The van der Waals surface area contributed by atoms with Gasteiger partial charge in [0, 0.05) is 25.4 Å². The van der Waals surface area contributed by atoms with Crippen molar-refractivity contribution in [2.45, 2.75) is 26.0 Å². The molecular weight excluding hydrogens is 371 g/mol. The molecule has 1 amide bonds. The van der Waals surface area contributed by atoms with Gasteiger partial charge in [-0.05, 0) is 66.1 Å². The molecule has 5 nitrogen and oxygen atoms in total. The summed E-state index contributed by atoms with van der Waals surface area (Å²) >= 11 is 0. The molecule has 0 unspecified atom stereocenters. The van der Waals surface area contributed by atoms with Crippen molar-refractivity contribution in [1.29, 1.82) is 0 Å². The standard InChI is InChI=1S/C23H23FN2O3/c24-20-4-1-3-19(15-20)17-29-22-8-6-21(7-9-22)28-14-2-5-23(27)26-16-18-10-12-25-13-11-18/h1,3-4,6-13,15H,2,5,14,16-17H2,(H,26,27). The van der Waals surface area contributed by atoms with Crippen molar-refractivity contribution in [3.05, 3.63) is 90.0 Å². The lowest BCUT2D eigenvalue weighted by atomic mass is 10.2. The van der Waals surface area contributed by atoms with Crippen molar-refractivity contribution in [1.82, 2.24) is 10.3 Å². The normalized spacial score (nSPS) is 10.4. The van der Waals surface area contributed by atoms with Gasteiger partial charge in [-0.1, -0.05) is 12.1 Å². The molecule has 0 saturated heterocycles. The molecule has 1 heterocycles. The molecule has 150 valence electrons. The number of nitrogens with zero attached hydrogens (tertiary/aromatic N) is 1. The predicted molar refractivity (Wildman–Crippen MR) is 108 cm³/mol. The van der Waals surface area contributed by atoms with Crippen LogP contribution in [0.15, 0.2) is 73.1 Å². The fourth-order valence-corrected chi connectivity index (χ4v) is 2.64. The van der Waals surface area contributed by atoms with Crippen LogP contribution >= 0.6 is 0 Å². The lowest BCUT2D eigenvalue weighted by Crippen LogP contribution is -2.22. The Morgan fingerprint density at radius 3 is 2.38 bits per heavy atom. The number of nitrogens with one attached hydrogen (secondary N) is 1. The molecule has 0 aliphatic rings. The molecule has 0 bridgehead atoms. The quantitative estimate of drug-likeness (QED) is 0.522. The number of hydrogen-bond donors (Lipinski definition) is 1. The van der Waals surface area contributed by atoms with Gasteiger partial charge >= 0.3 is 0 Å². The summed E-state index contributed by atoms with van der Waals surface area (Å²) in [7, 11) is 0. The fraction of sp³-hybridized carbons (Fsp3) is 0.217. The molecule has 0 saturated carbocycles. The molecule has 6 heteroatoms. The Balaban J connectivity index is 1.32. The van der Waals surface area contributed by atoms with Crippen LogP contribution < -0.4 is 14.8 Å². The summed E-state index contributed by atoms with van der Waals surface area (Å²) in [6, 6.07) is 17.3. The van der Waals surface area contributed by atoms with Crippen LogP contribution in [0.25, 0.3) is 0 Å². The van der Waals surface area contributed by atoms with Gasteiger partial charge in [-0.25, -0.2) is 4.39 Å². The molecule has 3 aromatic rings. The van der Waals surface area contributed by atoms with Crippen molar-refractivity contribution in [2.75, 3.05) is 6.61 Å². The molecule has 0 fully saturated rings. The highest BCUT2D eigenvalue weighted by atomic mass is 19.1. The summed E-state index contributed by atoms with van der Waals surface area (Å²) in [4.78, 5) is 15.8. The zero-order chi connectivity index (χ0) is 20.3. The lowest BCUT2D eigenvalue weighted by molar-refractivity contribution is -0.121. The summed E-state index contributed by atoms with van der Waals surface area (Å²) in [6.45, 7) is 1.25. The largest absolute Gasteiger partial charge is 0.494 e. The Kier molecular flexibility index (Phi) is 7.57. The minimum absolute atomic E-state index is 0.00786. The first kappa shape index (κ1) is 20.3. The molecule has 29 heavy (non-hydrogen) atoms. The SMILES string of the molecule is O=C(CCCOc1ccc(OCc2cccc(F)c2)cc1)NCc1ccncc1. The average Bonchev–Trinajstić information content (AvgIpc) is 2.75. The van der Waals surface area contributed by atoms with Gasteiger partial charge in [0.2, 0.25) is 5.91 Å². The molecule has 0 aliphatic carbocycles. The van der Waals surface area contributed by atoms with E-state index in [1.165, 1.54) is 12.1 Å². The monoisotopic (exact) mass is 394 g/mol. The Morgan fingerprint density at radius 2 is 1.66 bits per heavy atom. The highest BCUT2D eigenvalue weighted by Crippen LogP contribution is 2.19. The van der Waals surface area contributed by atoms with Gasteiger partial charge in [-0.3, -0.25) is 9.78 Å². The summed E-state index contributed by atoms with van der Waals surface area (Å²) < 4.78 is 24.5. The maximum atomic E-state index is 13.2. The fourth-order valence-electron chi connectivity index (χ4n) is 2.64. The zero-order valence-electron chi connectivity index (χ0n) is 16.0. The van der Waals surface area contributed by atoms with E-state index in [9.17, 15) is 9.18 Å². The third-order valence-corrected chi connectivity index (χ3v) is 4.17. The van der Waals surface area contributed by atoms with Gasteiger partial charge in [0.15, 0.2) is 0 Å². The summed E-state index contributed by atoms with van der Waals surface area (Å²) in [5.74, 6) is 1.10. The highest BCUT2D eigenvalue weighted by Gasteiger charge is 2.03. The van der Waals surface area contributed by atoms with Crippen molar-refractivity contribution >= 4 is 5.91 Å². The van der Waals surface area contributed by atoms with Crippen LogP contribution in [0.4, 0.5) is 4.39 Å². The number of halogens is 1. The van der Waals surface area contributed by atoms with Crippen molar-refractivity contribution in [3.63, 3.8) is 0 Å². The number of amides is 1. The van der Waals surface area contributed by atoms with Crippen molar-refractivity contribution in [2.24, 2.45) is 0 Å². The molecule has 2 aromatic carbocycles. The number of ether oxygens (including phenoxy) is 2. The summed E-state index contributed by atoms with van der Waals surface area (Å²) in [5.41, 5.74) is 1.79. The van der Waals surface area contributed by atoms with Crippen LogP contribution in [0.2, 0.25) is 0 Å². The number of hydrogen-bond acceptors (Lipinski definition) is 4. The smallest absolute Gasteiger partial charge is 0.220 e. The van der Waals surface area contributed by atoms with Gasteiger partial charge in [0.05, 0.1) is 6.61 Å². The minimum Gasteiger partial charge on any atom is -0.494 e. The van der Waals surface area contributed by atoms with Crippen LogP contribution in [0, 0.1) is 5.82 Å². The van der Waals surface area contributed by atoms with Crippen LogP contribution in [0.1, 0.15) is 24.0 Å². The second-order valence-electron chi connectivity index (χ2n) is 6.47. The minimum atomic E-state index is -0.277. The predicted octanol–water partition coefficient (Wildman–Crippen LogP) is 4.28. The molecule has 0 spiro atoms. The molecule has 0 radical (unpaired) electrons. The Hall–Kier alpha value is -3.41. The van der Waals surface area contributed by atoms with Crippen LogP contribution in [-0.2, 0) is 17.9 Å². The molecule has 1 N–H and O–H groups in total. The van der Waals surface area contributed by atoms with Crippen LogP contribution in [0.3, 0.4) is 0 Å². The van der Waals surface area contributed by atoms with Gasteiger partial charge in [-0.15, -0.1) is 0 Å². The van der Waals surface area contributed by atoms with Crippen LogP contribution in [0.5, 0.6) is 11.5 Å². The van der Waals surface area contributed by atoms with Crippen molar-refractivity contribution in [3.8, 4) is 11.5 Å². The van der Waals surface area contributed by atoms with E-state index < -0.39 is 0 Å². The molecule has 0 atom stereocenters. The number of carbonyl (C=O) groups excluding carboxylic acids is 1. The first-order valence-corrected chi connectivity index (χ1v) is 9.45. The van der Waals surface area contributed by atoms with E-state index in [1.54, 1.807) is 30.6 Å². The first-order chi connectivity index (χ1) is 14.2. The molecule has 0 aliphatic heterocycles. The number of aromatic nitrogens is 1. The van der Waals surface area contributed by atoms with E-state index in [2.05, 4.69) is 10.3 Å². The Labute approximate surface area is 169 Å². The third-order valence-electron chi connectivity index (χ3n) is 4.17. The van der Waals surface area contributed by atoms with E-state index in [0.717, 1.165) is 11.1 Å². The van der Waals surface area contributed by atoms with Gasteiger partial charge in [-0.2, -0.15) is 0 Å². The lowest BCUT2D eigenvalue weighted by Gasteiger charge is -2.09. The van der Waals surface area contributed by atoms with Gasteiger partial charge in [0.1, 0.15) is 23.9 Å². The van der Waals surface area contributed by atoms with E-state index >= 15 is 0 Å².